The lowest BCUT2D eigenvalue weighted by atomic mass is 9.90. The molecule has 3 fully saturated rings. The largest absolute Gasteiger partial charge is 0.391 e. The number of rotatable bonds is 5. The van der Waals surface area contributed by atoms with Crippen LogP contribution in [0.4, 0.5) is 10.5 Å². The van der Waals surface area contributed by atoms with Crippen LogP contribution < -0.4 is 5.32 Å². The minimum Gasteiger partial charge on any atom is -0.391 e. The number of halogens is 1. The number of carbonyl (C=O) groups is 2. The number of hydrogen-bond donors (Lipinski definition) is 3. The van der Waals surface area contributed by atoms with Crippen molar-refractivity contribution in [1.82, 2.24) is 14.7 Å². The van der Waals surface area contributed by atoms with E-state index in [1.807, 2.05) is 0 Å². The number of urea groups is 1. The van der Waals surface area contributed by atoms with Gasteiger partial charge in [-0.25, -0.2) is 4.79 Å². The molecular formula is C22H31ClN4O4. The van der Waals surface area contributed by atoms with Crippen molar-refractivity contribution in [3.8, 4) is 0 Å². The van der Waals surface area contributed by atoms with Crippen molar-refractivity contribution in [2.24, 2.45) is 5.41 Å². The van der Waals surface area contributed by atoms with Crippen LogP contribution in [0.2, 0.25) is 5.02 Å². The van der Waals surface area contributed by atoms with Gasteiger partial charge >= 0.3 is 6.03 Å². The van der Waals surface area contributed by atoms with Crippen LogP contribution >= 0.6 is 11.6 Å². The number of piperazine rings is 1. The van der Waals surface area contributed by atoms with Gasteiger partial charge in [-0.15, -0.1) is 0 Å². The predicted molar refractivity (Wildman–Crippen MR) is 118 cm³/mol. The van der Waals surface area contributed by atoms with E-state index in [2.05, 4.69) is 10.2 Å². The summed E-state index contributed by atoms with van der Waals surface area (Å²) in [6.07, 6.45) is 2.16. The summed E-state index contributed by atoms with van der Waals surface area (Å²) < 4.78 is 0. The fourth-order valence-corrected chi connectivity index (χ4v) is 4.94. The Hall–Kier alpha value is -1.87. The molecule has 2 heterocycles. The lowest BCUT2D eigenvalue weighted by Crippen LogP contribution is -2.60. The van der Waals surface area contributed by atoms with E-state index in [4.69, 9.17) is 11.6 Å². The first-order chi connectivity index (χ1) is 14.8. The molecule has 1 aromatic rings. The van der Waals surface area contributed by atoms with Crippen molar-refractivity contribution in [2.75, 3.05) is 44.6 Å². The van der Waals surface area contributed by atoms with Crippen molar-refractivity contribution in [1.29, 1.82) is 0 Å². The lowest BCUT2D eigenvalue weighted by Gasteiger charge is -2.41. The average Bonchev–Trinajstić information content (AvgIpc) is 3.49. The molecule has 0 aromatic heterocycles. The van der Waals surface area contributed by atoms with Gasteiger partial charge in [-0.2, -0.15) is 0 Å². The highest BCUT2D eigenvalue weighted by Crippen LogP contribution is 2.53. The number of aliphatic hydroxyl groups excluding tert-OH is 2. The zero-order valence-electron chi connectivity index (χ0n) is 17.8. The number of aliphatic hydroxyl groups is 2. The fraction of sp³-hybridized carbons (Fsp3) is 0.636. The zero-order valence-corrected chi connectivity index (χ0v) is 18.6. The number of β-amino-alcohol motifs (C(OH)–C–C–N with tert-alkyl or cyclic N) is 2. The number of hydrogen-bond acceptors (Lipinski definition) is 5. The Morgan fingerprint density at radius 1 is 1.26 bits per heavy atom. The summed E-state index contributed by atoms with van der Waals surface area (Å²) in [7, 11) is 0. The summed E-state index contributed by atoms with van der Waals surface area (Å²) in [4.78, 5) is 30.7. The van der Waals surface area contributed by atoms with Gasteiger partial charge in [-0.1, -0.05) is 17.7 Å². The molecule has 2 aliphatic heterocycles. The van der Waals surface area contributed by atoms with Crippen LogP contribution in [0.5, 0.6) is 0 Å². The Labute approximate surface area is 187 Å². The van der Waals surface area contributed by atoms with E-state index in [1.165, 1.54) is 4.90 Å². The van der Waals surface area contributed by atoms with Crippen LogP contribution in [0.25, 0.3) is 0 Å². The first-order valence-corrected chi connectivity index (χ1v) is 11.4. The summed E-state index contributed by atoms with van der Waals surface area (Å²) in [5, 5.41) is 24.2. The molecule has 3 amide bonds. The highest BCUT2D eigenvalue weighted by molar-refractivity contribution is 6.30. The molecule has 3 N–H and O–H groups in total. The van der Waals surface area contributed by atoms with Crippen LogP contribution in [0, 0.1) is 5.41 Å². The summed E-state index contributed by atoms with van der Waals surface area (Å²) in [6.45, 7) is 4.57. The molecule has 3 aliphatic rings. The van der Waals surface area contributed by atoms with Gasteiger partial charge in [0.05, 0.1) is 12.2 Å². The first kappa shape index (κ1) is 22.3. The van der Waals surface area contributed by atoms with Gasteiger partial charge < -0.3 is 25.3 Å². The van der Waals surface area contributed by atoms with E-state index >= 15 is 0 Å². The number of nitrogens with one attached hydrogen (secondary N) is 1. The van der Waals surface area contributed by atoms with E-state index in [-0.39, 0.29) is 30.0 Å². The number of benzene rings is 1. The Morgan fingerprint density at radius 3 is 2.71 bits per heavy atom. The monoisotopic (exact) mass is 450 g/mol. The van der Waals surface area contributed by atoms with E-state index < -0.39 is 12.1 Å². The van der Waals surface area contributed by atoms with Crippen LogP contribution in [0.3, 0.4) is 0 Å². The van der Waals surface area contributed by atoms with Crippen LogP contribution in [0.15, 0.2) is 24.3 Å². The first-order valence-electron chi connectivity index (χ1n) is 11.0. The fourth-order valence-electron chi connectivity index (χ4n) is 4.75. The SMILES string of the molecule is C[C@H]1C(=O)N(C[C@@H](O)CN2CCC3(CC3)[C@H](O)C2)CCN1C(=O)Nc1cccc(Cl)c1. The maximum absolute atomic E-state index is 12.8. The Kier molecular flexibility index (Phi) is 6.44. The van der Waals surface area contributed by atoms with Crippen molar-refractivity contribution in [3.05, 3.63) is 29.3 Å². The molecule has 8 nitrogen and oxygen atoms in total. The second-order valence-corrected chi connectivity index (χ2v) is 9.57. The molecule has 0 bridgehead atoms. The predicted octanol–water partition coefficient (Wildman–Crippen LogP) is 1.61. The smallest absolute Gasteiger partial charge is 0.322 e. The van der Waals surface area contributed by atoms with E-state index in [0.29, 0.717) is 36.9 Å². The Bertz CT molecular complexity index is 833. The van der Waals surface area contributed by atoms with Gasteiger partial charge in [0.25, 0.3) is 0 Å². The van der Waals surface area contributed by atoms with Gasteiger partial charge in [0.15, 0.2) is 0 Å². The minimum absolute atomic E-state index is 0.134. The molecule has 31 heavy (non-hydrogen) atoms. The number of likely N-dealkylation sites (tertiary alicyclic amines) is 1. The molecule has 2 saturated heterocycles. The molecule has 1 spiro atoms. The third-order valence-electron chi connectivity index (χ3n) is 6.94. The second kappa shape index (κ2) is 8.94. The van der Waals surface area contributed by atoms with E-state index in [9.17, 15) is 19.8 Å². The Morgan fingerprint density at radius 2 is 2.03 bits per heavy atom. The van der Waals surface area contributed by atoms with Crippen molar-refractivity contribution >= 4 is 29.2 Å². The van der Waals surface area contributed by atoms with E-state index in [0.717, 1.165) is 25.8 Å². The minimum atomic E-state index is -0.691. The molecule has 9 heteroatoms. The quantitative estimate of drug-likeness (QED) is 0.633. The third kappa shape index (κ3) is 4.98. The molecule has 170 valence electrons. The molecule has 1 saturated carbocycles. The second-order valence-electron chi connectivity index (χ2n) is 9.14. The van der Waals surface area contributed by atoms with Crippen molar-refractivity contribution in [2.45, 2.75) is 44.4 Å². The molecular weight excluding hydrogens is 420 g/mol. The average molecular weight is 451 g/mol. The maximum Gasteiger partial charge on any atom is 0.322 e. The van der Waals surface area contributed by atoms with Gasteiger partial charge in [0, 0.05) is 43.4 Å². The van der Waals surface area contributed by atoms with Crippen molar-refractivity contribution in [3.63, 3.8) is 0 Å². The number of anilines is 1. The standard InChI is InChI=1S/C22H31ClN4O4/c1-15-20(30)26(9-10-27(15)21(31)24-17-4-2-3-16(23)11-17)13-18(28)12-25-8-7-22(5-6-22)19(29)14-25/h2-4,11,15,18-19,28-29H,5-10,12-14H2,1H3,(H,24,31)/t15-,18-,19+/m0/s1. The molecule has 0 unspecified atom stereocenters. The Balaban J connectivity index is 1.26. The van der Waals surface area contributed by atoms with Crippen LogP contribution in [0.1, 0.15) is 26.2 Å². The molecule has 1 aliphatic carbocycles. The third-order valence-corrected chi connectivity index (χ3v) is 7.18. The molecule has 0 radical (unpaired) electrons. The van der Waals surface area contributed by atoms with Gasteiger partial charge in [0.2, 0.25) is 5.91 Å². The van der Waals surface area contributed by atoms with Gasteiger partial charge in [0.1, 0.15) is 6.04 Å². The summed E-state index contributed by atoms with van der Waals surface area (Å²) >= 11 is 5.96. The lowest BCUT2D eigenvalue weighted by molar-refractivity contribution is -0.141. The molecule has 4 rings (SSSR count). The number of nitrogens with zero attached hydrogens (tertiary/aromatic N) is 3. The number of amides is 3. The van der Waals surface area contributed by atoms with Crippen LogP contribution in [-0.2, 0) is 4.79 Å². The molecule has 3 atom stereocenters. The highest BCUT2D eigenvalue weighted by atomic mass is 35.5. The van der Waals surface area contributed by atoms with E-state index in [1.54, 1.807) is 36.1 Å². The van der Waals surface area contributed by atoms with Crippen LogP contribution in [-0.4, -0.2) is 94.4 Å². The zero-order chi connectivity index (χ0) is 22.2. The summed E-state index contributed by atoms with van der Waals surface area (Å²) in [5.41, 5.74) is 0.709. The molecule has 1 aromatic carbocycles. The van der Waals surface area contributed by atoms with Crippen molar-refractivity contribution < 1.29 is 19.8 Å². The maximum atomic E-state index is 12.8. The highest BCUT2D eigenvalue weighted by Gasteiger charge is 2.51. The normalized spacial score (nSPS) is 26.8. The summed E-state index contributed by atoms with van der Waals surface area (Å²) in [5.74, 6) is -0.179. The summed E-state index contributed by atoms with van der Waals surface area (Å²) in [6, 6.07) is 5.90. The number of carbonyl (C=O) groups excluding carboxylic acids is 2. The van der Waals surface area contributed by atoms with Gasteiger partial charge in [-0.3, -0.25) is 9.69 Å². The van der Waals surface area contributed by atoms with Gasteiger partial charge in [-0.05, 0) is 56.3 Å². The topological polar surface area (TPSA) is 96.3 Å². The number of piperidine rings is 1.